The van der Waals surface area contributed by atoms with E-state index in [-0.39, 0.29) is 35.4 Å². The molecule has 0 saturated carbocycles. The Bertz CT molecular complexity index is 476. The zero-order valence-corrected chi connectivity index (χ0v) is 12.1. The van der Waals surface area contributed by atoms with Crippen molar-refractivity contribution in [3.8, 4) is 0 Å². The van der Waals surface area contributed by atoms with Gasteiger partial charge in [-0.2, -0.15) is 0 Å². The minimum Gasteiger partial charge on any atom is -0.393 e. The Hall–Kier alpha value is -1.38. The molecule has 1 heterocycles. The molecule has 0 atom stereocenters. The highest BCUT2D eigenvalue weighted by atomic mass is 127. The highest BCUT2D eigenvalue weighted by Crippen LogP contribution is 2.22. The predicted octanol–water partition coefficient (Wildman–Crippen LogP) is 1.93. The van der Waals surface area contributed by atoms with E-state index in [0.717, 1.165) is 25.9 Å². The van der Waals surface area contributed by atoms with Crippen molar-refractivity contribution in [2.45, 2.75) is 12.8 Å². The summed E-state index contributed by atoms with van der Waals surface area (Å²) in [4.78, 5) is 14.7. The number of nitrogens with two attached hydrogens (primary N) is 1. The van der Waals surface area contributed by atoms with Crippen molar-refractivity contribution in [2.24, 2.45) is 4.99 Å². The van der Waals surface area contributed by atoms with Crippen molar-refractivity contribution in [3.05, 3.63) is 33.9 Å². The first-order valence-electron chi connectivity index (χ1n) is 5.51. The quantitative estimate of drug-likeness (QED) is 0.364. The lowest BCUT2D eigenvalue weighted by atomic mass is 10.1. The van der Waals surface area contributed by atoms with Crippen molar-refractivity contribution in [2.75, 3.05) is 18.8 Å². The first-order chi connectivity index (χ1) is 8.18. The summed E-state index contributed by atoms with van der Waals surface area (Å²) in [5.74, 6) is 0.714. The Labute approximate surface area is 122 Å². The van der Waals surface area contributed by atoms with Gasteiger partial charge in [-0.25, -0.2) is 0 Å². The van der Waals surface area contributed by atoms with Gasteiger partial charge in [-0.1, -0.05) is 0 Å². The highest BCUT2D eigenvalue weighted by Gasteiger charge is 2.15. The number of aliphatic imine (C=N–C) groups is 1. The van der Waals surface area contributed by atoms with Crippen molar-refractivity contribution >= 4 is 41.2 Å². The summed E-state index contributed by atoms with van der Waals surface area (Å²) >= 11 is 0. The molecule has 1 aromatic carbocycles. The summed E-state index contributed by atoms with van der Waals surface area (Å²) in [5.41, 5.74) is 6.37. The molecule has 1 aliphatic rings. The van der Waals surface area contributed by atoms with Gasteiger partial charge in [0.2, 0.25) is 0 Å². The Kier molecular flexibility index (Phi) is 5.32. The molecule has 0 amide bonds. The monoisotopic (exact) mass is 362 g/mol. The van der Waals surface area contributed by atoms with Gasteiger partial charge in [-0.3, -0.25) is 15.1 Å². The number of hydrogen-bond acceptors (Lipinski definition) is 5. The van der Waals surface area contributed by atoms with E-state index in [1.165, 1.54) is 6.07 Å². The van der Waals surface area contributed by atoms with E-state index in [9.17, 15) is 10.1 Å². The number of nitrogen functional groups attached to an aromatic ring is 1. The van der Waals surface area contributed by atoms with Crippen LogP contribution in [0.4, 0.5) is 11.4 Å². The van der Waals surface area contributed by atoms with Crippen LogP contribution in [0.2, 0.25) is 0 Å². The van der Waals surface area contributed by atoms with Gasteiger partial charge in [-0.05, 0) is 25.0 Å². The smallest absolute Gasteiger partial charge is 0.292 e. The largest absolute Gasteiger partial charge is 0.393 e. The van der Waals surface area contributed by atoms with Crippen LogP contribution >= 0.6 is 24.0 Å². The third-order valence-corrected chi connectivity index (χ3v) is 2.65. The Balaban J connectivity index is 0.00000162. The molecule has 6 nitrogen and oxygen atoms in total. The molecule has 1 aromatic rings. The van der Waals surface area contributed by atoms with Crippen molar-refractivity contribution in [1.82, 2.24) is 5.32 Å². The van der Waals surface area contributed by atoms with Crippen LogP contribution in [0.1, 0.15) is 18.4 Å². The van der Waals surface area contributed by atoms with Crippen LogP contribution < -0.4 is 11.1 Å². The minimum absolute atomic E-state index is 0. The van der Waals surface area contributed by atoms with Gasteiger partial charge in [0, 0.05) is 24.7 Å². The average Bonchev–Trinajstić information content (AvgIpc) is 2.58. The zero-order chi connectivity index (χ0) is 12.3. The van der Waals surface area contributed by atoms with E-state index in [1.54, 1.807) is 12.1 Å². The van der Waals surface area contributed by atoms with Gasteiger partial charge in [0.25, 0.3) is 5.69 Å². The number of nitrogens with one attached hydrogen (secondary N) is 1. The second-order valence-electron chi connectivity index (χ2n) is 3.89. The molecule has 0 bridgehead atoms. The van der Waals surface area contributed by atoms with Crippen molar-refractivity contribution in [3.63, 3.8) is 0 Å². The van der Waals surface area contributed by atoms with Crippen LogP contribution in [0.5, 0.6) is 0 Å². The SMILES string of the molecule is I.Nc1ccc(C2=NCCCCN2)cc1[N+](=O)[O-]. The summed E-state index contributed by atoms with van der Waals surface area (Å²) in [6.07, 6.45) is 2.09. The number of anilines is 1. The van der Waals surface area contributed by atoms with Gasteiger partial charge in [-0.15, -0.1) is 24.0 Å². The topological polar surface area (TPSA) is 93.5 Å². The number of benzene rings is 1. The predicted molar refractivity (Wildman–Crippen MR) is 81.6 cm³/mol. The number of nitro groups is 1. The average molecular weight is 362 g/mol. The molecule has 0 fully saturated rings. The van der Waals surface area contributed by atoms with Gasteiger partial charge in [0.15, 0.2) is 0 Å². The molecule has 0 spiro atoms. The van der Waals surface area contributed by atoms with E-state index < -0.39 is 4.92 Å². The van der Waals surface area contributed by atoms with E-state index in [1.807, 2.05) is 0 Å². The Morgan fingerprint density at radius 1 is 1.39 bits per heavy atom. The standard InChI is InChI=1S/C11H14N4O2.HI/c12-9-4-3-8(7-10(9)15(16)17)11-13-5-1-2-6-14-11;/h3-4,7H,1-2,5-6,12H2,(H,13,14);1H. The molecular formula is C11H15IN4O2. The van der Waals surface area contributed by atoms with Crippen LogP contribution in [0.25, 0.3) is 0 Å². The van der Waals surface area contributed by atoms with Crippen molar-refractivity contribution < 1.29 is 4.92 Å². The summed E-state index contributed by atoms with van der Waals surface area (Å²) in [7, 11) is 0. The molecule has 2 rings (SSSR count). The lowest BCUT2D eigenvalue weighted by Crippen LogP contribution is -2.24. The van der Waals surface area contributed by atoms with Crippen LogP contribution in [-0.2, 0) is 0 Å². The molecule has 3 N–H and O–H groups in total. The van der Waals surface area contributed by atoms with Gasteiger partial charge in [0.05, 0.1) is 4.92 Å². The summed E-state index contributed by atoms with van der Waals surface area (Å²) in [6, 6.07) is 4.76. The zero-order valence-electron chi connectivity index (χ0n) is 9.76. The fourth-order valence-corrected chi connectivity index (χ4v) is 1.73. The number of rotatable bonds is 2. The molecule has 0 saturated heterocycles. The fourth-order valence-electron chi connectivity index (χ4n) is 1.73. The maximum Gasteiger partial charge on any atom is 0.292 e. The number of nitro benzene ring substituents is 1. The van der Waals surface area contributed by atoms with Crippen LogP contribution in [-0.4, -0.2) is 23.8 Å². The van der Waals surface area contributed by atoms with E-state index in [2.05, 4.69) is 10.3 Å². The molecule has 0 aromatic heterocycles. The maximum atomic E-state index is 10.8. The second kappa shape index (κ2) is 6.53. The van der Waals surface area contributed by atoms with E-state index in [0.29, 0.717) is 11.4 Å². The van der Waals surface area contributed by atoms with E-state index >= 15 is 0 Å². The lowest BCUT2D eigenvalue weighted by Gasteiger charge is -2.07. The first kappa shape index (κ1) is 14.7. The molecule has 18 heavy (non-hydrogen) atoms. The number of amidine groups is 1. The van der Waals surface area contributed by atoms with Gasteiger partial charge < -0.3 is 11.1 Å². The molecular weight excluding hydrogens is 347 g/mol. The number of nitrogens with zero attached hydrogens (tertiary/aromatic N) is 2. The fraction of sp³-hybridized carbons (Fsp3) is 0.364. The third kappa shape index (κ3) is 3.31. The lowest BCUT2D eigenvalue weighted by molar-refractivity contribution is -0.383. The number of halogens is 1. The second-order valence-corrected chi connectivity index (χ2v) is 3.89. The van der Waals surface area contributed by atoms with Gasteiger partial charge in [0.1, 0.15) is 11.5 Å². The third-order valence-electron chi connectivity index (χ3n) is 2.65. The molecule has 0 aliphatic carbocycles. The molecule has 98 valence electrons. The molecule has 7 heteroatoms. The minimum atomic E-state index is -0.476. The maximum absolute atomic E-state index is 10.8. The van der Waals surface area contributed by atoms with Crippen LogP contribution in [0.15, 0.2) is 23.2 Å². The number of hydrogen-bond donors (Lipinski definition) is 2. The summed E-state index contributed by atoms with van der Waals surface area (Å²) < 4.78 is 0. The molecule has 0 radical (unpaired) electrons. The molecule has 0 unspecified atom stereocenters. The normalized spacial score (nSPS) is 14.8. The van der Waals surface area contributed by atoms with E-state index in [4.69, 9.17) is 5.73 Å². The Morgan fingerprint density at radius 2 is 2.17 bits per heavy atom. The van der Waals surface area contributed by atoms with Crippen molar-refractivity contribution in [1.29, 1.82) is 0 Å². The highest BCUT2D eigenvalue weighted by molar-refractivity contribution is 14.0. The summed E-state index contributed by atoms with van der Waals surface area (Å²) in [6.45, 7) is 1.59. The van der Waals surface area contributed by atoms with Crippen LogP contribution in [0, 0.1) is 10.1 Å². The van der Waals surface area contributed by atoms with Crippen LogP contribution in [0.3, 0.4) is 0 Å². The van der Waals surface area contributed by atoms with Gasteiger partial charge >= 0.3 is 0 Å². The Morgan fingerprint density at radius 3 is 2.89 bits per heavy atom. The molecule has 1 aliphatic heterocycles. The first-order valence-corrected chi connectivity index (χ1v) is 5.51. The summed E-state index contributed by atoms with van der Waals surface area (Å²) in [5, 5.41) is 14.0.